The molecule has 9 nitrogen and oxygen atoms in total. The van der Waals surface area contributed by atoms with Crippen molar-refractivity contribution in [2.24, 2.45) is 0 Å². The van der Waals surface area contributed by atoms with Crippen molar-refractivity contribution in [3.8, 4) is 22.4 Å². The van der Waals surface area contributed by atoms with Crippen molar-refractivity contribution in [1.82, 2.24) is 24.5 Å². The van der Waals surface area contributed by atoms with Crippen LogP contribution in [0.2, 0.25) is 5.02 Å². The summed E-state index contributed by atoms with van der Waals surface area (Å²) in [4.78, 5) is 31.2. The Morgan fingerprint density at radius 2 is 2.00 bits per heavy atom. The standard InChI is InChI=1S/C26H26ClN5O4S/c1-15-11-28-13-22(30-15)16-5-6-19(21(27)10-16)20-9-17-12-29-25(37(4)34)31-23(17)32(24(20)33)8-7-18-14-35-26(2,3)36-18/h5-6,9-13,18H,7-8,14H2,1-4H3. The van der Waals surface area contributed by atoms with E-state index in [0.717, 1.165) is 11.3 Å². The molecule has 3 aromatic heterocycles. The molecule has 4 aromatic rings. The van der Waals surface area contributed by atoms with E-state index >= 15 is 0 Å². The van der Waals surface area contributed by atoms with E-state index < -0.39 is 17.0 Å². The molecule has 37 heavy (non-hydrogen) atoms. The minimum atomic E-state index is -1.40. The van der Waals surface area contributed by atoms with Crippen molar-refractivity contribution in [2.45, 2.75) is 50.8 Å². The van der Waals surface area contributed by atoms with E-state index in [2.05, 4.69) is 19.9 Å². The maximum atomic E-state index is 13.8. The second-order valence-electron chi connectivity index (χ2n) is 9.38. The van der Waals surface area contributed by atoms with Crippen LogP contribution in [0.15, 0.2) is 52.8 Å². The van der Waals surface area contributed by atoms with Crippen LogP contribution in [0.1, 0.15) is 26.0 Å². The van der Waals surface area contributed by atoms with Crippen molar-refractivity contribution < 1.29 is 14.0 Å². The predicted molar refractivity (Wildman–Crippen MR) is 142 cm³/mol. The minimum absolute atomic E-state index is 0.164. The smallest absolute Gasteiger partial charge is 0.344 e. The Balaban J connectivity index is 1.58. The van der Waals surface area contributed by atoms with Gasteiger partial charge in [-0.2, -0.15) is 9.97 Å². The molecule has 1 fully saturated rings. The molecule has 1 aliphatic rings. The molecule has 5 rings (SSSR count). The van der Waals surface area contributed by atoms with Crippen molar-refractivity contribution in [3.63, 3.8) is 0 Å². The fraction of sp³-hybridized carbons (Fsp3) is 0.346. The lowest BCUT2D eigenvalue weighted by Gasteiger charge is -2.18. The maximum absolute atomic E-state index is 13.8. The Morgan fingerprint density at radius 3 is 2.68 bits per heavy atom. The van der Waals surface area contributed by atoms with Gasteiger partial charge in [0, 0.05) is 57.2 Å². The van der Waals surface area contributed by atoms with Crippen LogP contribution in [0.4, 0.5) is 0 Å². The summed E-state index contributed by atoms with van der Waals surface area (Å²) in [5.41, 5.74) is 3.43. The van der Waals surface area contributed by atoms with Gasteiger partial charge >= 0.3 is 5.16 Å². The number of hydrogen-bond acceptors (Lipinski definition) is 8. The lowest BCUT2D eigenvalue weighted by molar-refractivity contribution is -0.139. The fourth-order valence-electron chi connectivity index (χ4n) is 4.36. The first kappa shape index (κ1) is 25.7. The molecule has 1 saturated heterocycles. The van der Waals surface area contributed by atoms with Gasteiger partial charge in [-0.25, -0.2) is 4.98 Å². The second-order valence-corrected chi connectivity index (χ2v) is 11.1. The number of aryl methyl sites for hydroxylation is 2. The summed E-state index contributed by atoms with van der Waals surface area (Å²) >= 11 is 5.31. The second kappa shape index (κ2) is 10.1. The molecule has 1 aromatic carbocycles. The molecule has 0 saturated carbocycles. The van der Waals surface area contributed by atoms with Crippen molar-refractivity contribution in [2.75, 3.05) is 12.9 Å². The molecule has 11 heteroatoms. The van der Waals surface area contributed by atoms with Gasteiger partial charge in [0.25, 0.3) is 5.56 Å². The third-order valence-corrected chi connectivity index (χ3v) is 7.14. The predicted octanol–water partition coefficient (Wildman–Crippen LogP) is 4.16. The molecule has 2 unspecified atom stereocenters. The van der Waals surface area contributed by atoms with Crippen LogP contribution >= 0.6 is 11.6 Å². The molecule has 4 heterocycles. The summed E-state index contributed by atoms with van der Waals surface area (Å²) < 4.78 is 25.2. The molecule has 0 spiro atoms. The maximum Gasteiger partial charge on any atom is 0.344 e. The van der Waals surface area contributed by atoms with E-state index in [-0.39, 0.29) is 16.8 Å². The summed E-state index contributed by atoms with van der Waals surface area (Å²) in [5.74, 6) is -0.662. The number of ether oxygens (including phenoxy) is 2. The third-order valence-electron chi connectivity index (χ3n) is 6.11. The van der Waals surface area contributed by atoms with Crippen molar-refractivity contribution in [3.05, 3.63) is 63.9 Å². The minimum Gasteiger partial charge on any atom is -0.609 e. The van der Waals surface area contributed by atoms with Crippen LogP contribution in [0, 0.1) is 6.92 Å². The van der Waals surface area contributed by atoms with Crippen LogP contribution < -0.4 is 5.56 Å². The highest BCUT2D eigenvalue weighted by atomic mass is 35.5. The normalized spacial score (nSPS) is 17.8. The van der Waals surface area contributed by atoms with Gasteiger partial charge in [0.15, 0.2) is 11.4 Å². The van der Waals surface area contributed by atoms with Crippen LogP contribution in [0.3, 0.4) is 0 Å². The zero-order chi connectivity index (χ0) is 26.3. The van der Waals surface area contributed by atoms with Gasteiger partial charge in [-0.15, -0.1) is 0 Å². The first-order chi connectivity index (χ1) is 17.6. The molecular formula is C26H26ClN5O4S. The van der Waals surface area contributed by atoms with Gasteiger partial charge in [0.05, 0.1) is 30.3 Å². The number of pyridine rings is 1. The van der Waals surface area contributed by atoms with Gasteiger partial charge in [0.1, 0.15) is 6.26 Å². The highest BCUT2D eigenvalue weighted by Crippen LogP contribution is 2.32. The lowest BCUT2D eigenvalue weighted by Crippen LogP contribution is -2.27. The number of rotatable bonds is 6. The summed E-state index contributed by atoms with van der Waals surface area (Å²) in [6.45, 7) is 6.36. The number of nitrogens with zero attached hydrogens (tertiary/aromatic N) is 5. The third kappa shape index (κ3) is 5.39. The van der Waals surface area contributed by atoms with Crippen LogP contribution in [0.25, 0.3) is 33.4 Å². The molecule has 1 aliphatic heterocycles. The van der Waals surface area contributed by atoms with Crippen LogP contribution in [0.5, 0.6) is 0 Å². The molecule has 2 atom stereocenters. The molecule has 0 amide bonds. The average molecular weight is 540 g/mol. The Hall–Kier alpha value is -2.89. The summed E-state index contributed by atoms with van der Waals surface area (Å²) in [6.07, 6.45) is 6.81. The van der Waals surface area contributed by atoms with E-state index in [1.807, 2.05) is 26.8 Å². The van der Waals surface area contributed by atoms with E-state index in [1.54, 1.807) is 41.4 Å². The highest BCUT2D eigenvalue weighted by molar-refractivity contribution is 7.90. The molecule has 192 valence electrons. The number of halogens is 1. The van der Waals surface area contributed by atoms with E-state index in [0.29, 0.717) is 52.4 Å². The van der Waals surface area contributed by atoms with Crippen molar-refractivity contribution in [1.29, 1.82) is 0 Å². The Bertz CT molecular complexity index is 1540. The zero-order valence-electron chi connectivity index (χ0n) is 20.9. The monoisotopic (exact) mass is 539 g/mol. The molecule has 0 N–H and O–H groups in total. The van der Waals surface area contributed by atoms with Gasteiger partial charge in [-0.05, 0) is 39.3 Å². The van der Waals surface area contributed by atoms with E-state index in [4.69, 9.17) is 21.1 Å². The van der Waals surface area contributed by atoms with Gasteiger partial charge in [-0.1, -0.05) is 23.7 Å². The Labute approximate surface area is 222 Å². The molecule has 0 bridgehead atoms. The van der Waals surface area contributed by atoms with E-state index in [1.165, 1.54) is 6.26 Å². The summed E-state index contributed by atoms with van der Waals surface area (Å²) in [7, 11) is 0. The number of hydrogen-bond donors (Lipinski definition) is 0. The van der Waals surface area contributed by atoms with Gasteiger partial charge in [0.2, 0.25) is 0 Å². The fourth-order valence-corrected chi connectivity index (χ4v) is 5.05. The topological polar surface area (TPSA) is 115 Å². The first-order valence-corrected chi connectivity index (χ1v) is 13.7. The highest BCUT2D eigenvalue weighted by Gasteiger charge is 2.32. The lowest BCUT2D eigenvalue weighted by atomic mass is 10.0. The number of aromatic nitrogens is 5. The molecule has 0 aliphatic carbocycles. The number of fused-ring (bicyclic) bond motifs is 1. The van der Waals surface area contributed by atoms with Crippen LogP contribution in [-0.2, 0) is 27.2 Å². The van der Waals surface area contributed by atoms with Crippen molar-refractivity contribution >= 4 is 33.8 Å². The molecule has 0 radical (unpaired) electrons. The summed E-state index contributed by atoms with van der Waals surface area (Å²) in [5, 5.41) is 1.21. The first-order valence-electron chi connectivity index (χ1n) is 11.8. The molecular weight excluding hydrogens is 514 g/mol. The average Bonchev–Trinajstić information content (AvgIpc) is 3.21. The van der Waals surface area contributed by atoms with Crippen LogP contribution in [-0.4, -0.2) is 53.8 Å². The Morgan fingerprint density at radius 1 is 1.19 bits per heavy atom. The Kier molecular flexibility index (Phi) is 7.03. The van der Waals surface area contributed by atoms with Gasteiger partial charge in [-0.3, -0.25) is 14.3 Å². The SMILES string of the molecule is Cc1cncc(-c2ccc(-c3cc4cnc([S+](C)[O-])nc4n(CCC4COC(C)(C)O4)c3=O)c(Cl)c2)n1. The summed E-state index contributed by atoms with van der Waals surface area (Å²) in [6, 6.07) is 7.17. The largest absolute Gasteiger partial charge is 0.609 e. The number of benzene rings is 1. The zero-order valence-corrected chi connectivity index (χ0v) is 22.5. The van der Waals surface area contributed by atoms with Gasteiger partial charge < -0.3 is 14.0 Å². The van der Waals surface area contributed by atoms with E-state index in [9.17, 15) is 9.35 Å². The quantitative estimate of drug-likeness (QED) is 0.265.